The van der Waals surface area contributed by atoms with Crippen LogP contribution in [0.1, 0.15) is 54.4 Å². The van der Waals surface area contributed by atoms with Crippen LogP contribution < -0.4 is 0 Å². The van der Waals surface area contributed by atoms with Gasteiger partial charge in [-0.1, -0.05) is 18.9 Å². The first-order chi connectivity index (χ1) is 10.1. The predicted octanol–water partition coefficient (Wildman–Crippen LogP) is 3.86. The van der Waals surface area contributed by atoms with Crippen molar-refractivity contribution in [1.82, 2.24) is 4.90 Å². The van der Waals surface area contributed by atoms with E-state index in [-0.39, 0.29) is 16.9 Å². The molecule has 2 nitrogen and oxygen atoms in total. The third kappa shape index (κ3) is 2.30. The fourth-order valence-corrected chi connectivity index (χ4v) is 3.86. The van der Waals surface area contributed by atoms with E-state index in [2.05, 4.69) is 4.90 Å². The maximum absolute atomic E-state index is 14.2. The molecule has 1 aliphatic carbocycles. The summed E-state index contributed by atoms with van der Waals surface area (Å²) in [5.74, 6) is -2.10. The zero-order chi connectivity index (χ0) is 15.0. The molecule has 4 heteroatoms. The van der Waals surface area contributed by atoms with Crippen molar-refractivity contribution in [3.05, 3.63) is 34.9 Å². The number of likely N-dealkylation sites (tertiary alicyclic amines) is 1. The number of carbonyl (C=O) groups excluding carboxylic acids is 1. The van der Waals surface area contributed by atoms with Crippen molar-refractivity contribution in [2.24, 2.45) is 0 Å². The Morgan fingerprint density at radius 2 is 1.67 bits per heavy atom. The van der Waals surface area contributed by atoms with Gasteiger partial charge in [0.2, 0.25) is 0 Å². The normalized spacial score (nSPS) is 21.9. The summed E-state index contributed by atoms with van der Waals surface area (Å²) < 4.78 is 28.0. The predicted molar refractivity (Wildman–Crippen MR) is 77.4 cm³/mol. The molecule has 3 rings (SSSR count). The summed E-state index contributed by atoms with van der Waals surface area (Å²) in [6, 6.07) is 2.95. The molecule has 1 aliphatic heterocycles. The first-order valence-corrected chi connectivity index (χ1v) is 7.81. The third-order valence-electron chi connectivity index (χ3n) is 5.08. The standard InChI is InChI=1S/C17H21F2NO/c1-12-6-7-13(15(19)14(12)18)16(21)17(8-2-3-9-17)20-10-4-5-11-20/h6-7H,2-5,8-11H2,1H3. The van der Waals surface area contributed by atoms with Crippen LogP contribution in [-0.2, 0) is 0 Å². The fourth-order valence-electron chi connectivity index (χ4n) is 3.86. The van der Waals surface area contributed by atoms with Gasteiger partial charge in [-0.15, -0.1) is 0 Å². The molecule has 0 aromatic heterocycles. The van der Waals surface area contributed by atoms with Crippen LogP contribution in [0, 0.1) is 18.6 Å². The molecule has 1 heterocycles. The molecule has 2 aliphatic rings. The SMILES string of the molecule is Cc1ccc(C(=O)C2(N3CCCC3)CCCC2)c(F)c1F. The molecule has 114 valence electrons. The smallest absolute Gasteiger partial charge is 0.186 e. The number of nitrogens with zero attached hydrogens (tertiary/aromatic N) is 1. The number of ketones is 1. The number of rotatable bonds is 3. The number of hydrogen-bond donors (Lipinski definition) is 0. The first-order valence-electron chi connectivity index (χ1n) is 7.81. The lowest BCUT2D eigenvalue weighted by molar-refractivity contribution is 0.0621. The molecule has 0 radical (unpaired) electrons. The lowest BCUT2D eigenvalue weighted by Crippen LogP contribution is -2.51. The Hall–Kier alpha value is -1.29. The maximum atomic E-state index is 14.2. The summed E-state index contributed by atoms with van der Waals surface area (Å²) in [5.41, 5.74) is -0.434. The molecule has 1 aromatic carbocycles. The van der Waals surface area contributed by atoms with E-state index in [0.29, 0.717) is 0 Å². The molecule has 0 amide bonds. The van der Waals surface area contributed by atoms with E-state index < -0.39 is 17.2 Å². The molecule has 0 N–H and O–H groups in total. The fraction of sp³-hybridized carbons (Fsp3) is 0.588. The minimum atomic E-state index is -0.981. The number of carbonyl (C=O) groups is 1. The number of aryl methyl sites for hydroxylation is 1. The van der Waals surface area contributed by atoms with Crippen LogP contribution in [0.3, 0.4) is 0 Å². The summed E-state index contributed by atoms with van der Waals surface area (Å²) in [5, 5.41) is 0. The minimum absolute atomic E-state index is 0.0769. The summed E-state index contributed by atoms with van der Waals surface area (Å²) in [4.78, 5) is 15.2. The molecular weight excluding hydrogens is 272 g/mol. The van der Waals surface area contributed by atoms with Crippen molar-refractivity contribution in [3.63, 3.8) is 0 Å². The van der Waals surface area contributed by atoms with E-state index in [4.69, 9.17) is 0 Å². The molecule has 0 atom stereocenters. The zero-order valence-electron chi connectivity index (χ0n) is 12.4. The van der Waals surface area contributed by atoms with Gasteiger partial charge >= 0.3 is 0 Å². The molecule has 21 heavy (non-hydrogen) atoms. The quantitative estimate of drug-likeness (QED) is 0.789. The van der Waals surface area contributed by atoms with Gasteiger partial charge in [0.05, 0.1) is 11.1 Å². The second-order valence-corrected chi connectivity index (χ2v) is 6.32. The van der Waals surface area contributed by atoms with Crippen LogP contribution in [0.5, 0.6) is 0 Å². The van der Waals surface area contributed by atoms with Crippen molar-refractivity contribution in [1.29, 1.82) is 0 Å². The van der Waals surface area contributed by atoms with Gasteiger partial charge in [-0.05, 0) is 57.3 Å². The van der Waals surface area contributed by atoms with E-state index in [1.807, 2.05) is 0 Å². The Morgan fingerprint density at radius 1 is 1.05 bits per heavy atom. The van der Waals surface area contributed by atoms with Gasteiger partial charge in [0.25, 0.3) is 0 Å². The summed E-state index contributed by atoms with van der Waals surface area (Å²) in [6.45, 7) is 3.29. The van der Waals surface area contributed by atoms with Crippen molar-refractivity contribution in [2.75, 3.05) is 13.1 Å². The largest absolute Gasteiger partial charge is 0.292 e. The summed E-state index contributed by atoms with van der Waals surface area (Å²) >= 11 is 0. The highest BCUT2D eigenvalue weighted by Crippen LogP contribution is 2.40. The van der Waals surface area contributed by atoms with Crippen molar-refractivity contribution < 1.29 is 13.6 Å². The molecule has 1 saturated carbocycles. The van der Waals surface area contributed by atoms with Gasteiger partial charge in [0.15, 0.2) is 17.4 Å². The number of Topliss-reactive ketones (excluding diaryl/α,β-unsaturated/α-hetero) is 1. The second kappa shape index (κ2) is 5.48. The lowest BCUT2D eigenvalue weighted by atomic mass is 9.85. The van der Waals surface area contributed by atoms with E-state index in [9.17, 15) is 13.6 Å². The highest BCUT2D eigenvalue weighted by atomic mass is 19.2. The lowest BCUT2D eigenvalue weighted by Gasteiger charge is -2.37. The highest BCUT2D eigenvalue weighted by molar-refractivity contribution is 6.03. The topological polar surface area (TPSA) is 20.3 Å². The van der Waals surface area contributed by atoms with Crippen molar-refractivity contribution >= 4 is 5.78 Å². The summed E-state index contributed by atoms with van der Waals surface area (Å²) in [6.07, 6.45) is 5.66. The second-order valence-electron chi connectivity index (χ2n) is 6.32. The molecule has 0 bridgehead atoms. The van der Waals surface area contributed by atoms with Gasteiger partial charge in [-0.2, -0.15) is 0 Å². The van der Waals surface area contributed by atoms with Crippen LogP contribution in [0.2, 0.25) is 0 Å². The molecule has 0 unspecified atom stereocenters. The van der Waals surface area contributed by atoms with E-state index in [1.165, 1.54) is 19.1 Å². The van der Waals surface area contributed by atoms with Crippen LogP contribution in [0.4, 0.5) is 8.78 Å². The molecule has 2 fully saturated rings. The van der Waals surface area contributed by atoms with Crippen molar-refractivity contribution in [3.8, 4) is 0 Å². The van der Waals surface area contributed by atoms with Gasteiger partial charge in [-0.25, -0.2) is 8.78 Å². The Labute approximate surface area is 124 Å². The molecular formula is C17H21F2NO. The zero-order valence-corrected chi connectivity index (χ0v) is 12.4. The highest BCUT2D eigenvalue weighted by Gasteiger charge is 2.47. The van der Waals surface area contributed by atoms with Crippen molar-refractivity contribution in [2.45, 2.75) is 51.0 Å². The van der Waals surface area contributed by atoms with Gasteiger partial charge < -0.3 is 0 Å². The van der Waals surface area contributed by atoms with Crippen LogP contribution >= 0.6 is 0 Å². The molecule has 1 saturated heterocycles. The molecule has 1 aromatic rings. The van der Waals surface area contributed by atoms with Crippen LogP contribution in [0.25, 0.3) is 0 Å². The number of hydrogen-bond acceptors (Lipinski definition) is 2. The monoisotopic (exact) mass is 293 g/mol. The van der Waals surface area contributed by atoms with Gasteiger partial charge in [0.1, 0.15) is 0 Å². The average Bonchev–Trinajstić information content (AvgIpc) is 3.15. The van der Waals surface area contributed by atoms with Crippen LogP contribution in [-0.4, -0.2) is 29.3 Å². The Bertz CT molecular complexity index is 558. The average molecular weight is 293 g/mol. The first kappa shape index (κ1) is 14.6. The van der Waals surface area contributed by atoms with E-state index in [1.54, 1.807) is 0 Å². The Kier molecular flexibility index (Phi) is 3.82. The van der Waals surface area contributed by atoms with Crippen LogP contribution in [0.15, 0.2) is 12.1 Å². The van der Waals surface area contributed by atoms with E-state index in [0.717, 1.165) is 51.6 Å². The van der Waals surface area contributed by atoms with Gasteiger partial charge in [-0.3, -0.25) is 9.69 Å². The number of halogens is 2. The third-order valence-corrected chi connectivity index (χ3v) is 5.08. The van der Waals surface area contributed by atoms with E-state index >= 15 is 0 Å². The summed E-state index contributed by atoms with van der Waals surface area (Å²) in [7, 11) is 0. The Balaban J connectivity index is 2.00. The van der Waals surface area contributed by atoms with Gasteiger partial charge in [0, 0.05) is 0 Å². The number of benzene rings is 1. The minimum Gasteiger partial charge on any atom is -0.292 e. The maximum Gasteiger partial charge on any atom is 0.186 e. The molecule has 0 spiro atoms. The Morgan fingerprint density at radius 3 is 2.29 bits per heavy atom.